The number of ether oxygens (including phenoxy) is 1. The van der Waals surface area contributed by atoms with Crippen LogP contribution in [0, 0.1) is 11.3 Å². The molecule has 0 aromatic rings. The highest BCUT2D eigenvalue weighted by Crippen LogP contribution is 2.41. The topological polar surface area (TPSA) is 41.6 Å². The van der Waals surface area contributed by atoms with Crippen LogP contribution in [0.15, 0.2) is 0 Å². The Bertz CT molecular complexity index is 247. The molecule has 4 nitrogen and oxygen atoms in total. The summed E-state index contributed by atoms with van der Waals surface area (Å²) in [7, 11) is 3.63. The fourth-order valence-corrected chi connectivity index (χ4v) is 2.87. The molecule has 0 aromatic heterocycles. The van der Waals surface area contributed by atoms with Gasteiger partial charge in [-0.25, -0.2) is 0 Å². The van der Waals surface area contributed by atoms with Gasteiger partial charge < -0.3 is 15.0 Å². The number of nitrogens with zero attached hydrogens (tertiary/aromatic N) is 1. The molecule has 2 aliphatic heterocycles. The van der Waals surface area contributed by atoms with Gasteiger partial charge in [-0.05, 0) is 38.4 Å². The van der Waals surface area contributed by atoms with Gasteiger partial charge in [0.1, 0.15) is 0 Å². The van der Waals surface area contributed by atoms with Crippen molar-refractivity contribution in [1.29, 1.82) is 0 Å². The zero-order chi connectivity index (χ0) is 10.9. The Morgan fingerprint density at radius 3 is 2.73 bits per heavy atom. The number of esters is 1. The molecule has 1 spiro atoms. The van der Waals surface area contributed by atoms with Crippen LogP contribution < -0.4 is 5.32 Å². The monoisotopic (exact) mass is 212 g/mol. The third-order valence-electron chi connectivity index (χ3n) is 4.03. The highest BCUT2D eigenvalue weighted by atomic mass is 16.5. The van der Waals surface area contributed by atoms with Gasteiger partial charge in [-0.1, -0.05) is 0 Å². The van der Waals surface area contributed by atoms with Crippen molar-refractivity contribution < 1.29 is 9.53 Å². The minimum Gasteiger partial charge on any atom is -0.469 e. The first-order valence-electron chi connectivity index (χ1n) is 5.65. The Hall–Kier alpha value is -0.610. The minimum atomic E-state index is -0.0375. The summed E-state index contributed by atoms with van der Waals surface area (Å²) >= 11 is 0. The molecule has 1 unspecified atom stereocenters. The molecule has 0 amide bonds. The van der Waals surface area contributed by atoms with Crippen LogP contribution in [0.5, 0.6) is 0 Å². The highest BCUT2D eigenvalue weighted by molar-refractivity contribution is 5.74. The molecular weight excluding hydrogens is 192 g/mol. The first-order chi connectivity index (χ1) is 7.18. The van der Waals surface area contributed by atoms with E-state index in [1.54, 1.807) is 0 Å². The van der Waals surface area contributed by atoms with Crippen LogP contribution in [0.4, 0.5) is 0 Å². The van der Waals surface area contributed by atoms with Gasteiger partial charge in [0.15, 0.2) is 0 Å². The predicted octanol–water partition coefficient (Wildman–Crippen LogP) is 0.0908. The molecule has 1 atom stereocenters. The van der Waals surface area contributed by atoms with Gasteiger partial charge in [-0.3, -0.25) is 4.79 Å². The van der Waals surface area contributed by atoms with Gasteiger partial charge in [-0.15, -0.1) is 0 Å². The minimum absolute atomic E-state index is 0.0375. The number of carbonyl (C=O) groups is 1. The first kappa shape index (κ1) is 10.9. The van der Waals surface area contributed by atoms with E-state index in [0.717, 1.165) is 39.0 Å². The van der Waals surface area contributed by atoms with Crippen LogP contribution >= 0.6 is 0 Å². The van der Waals surface area contributed by atoms with Crippen LogP contribution in [0.1, 0.15) is 12.8 Å². The molecule has 1 N–H and O–H groups in total. The predicted molar refractivity (Wildman–Crippen MR) is 57.5 cm³/mol. The highest BCUT2D eigenvalue weighted by Gasteiger charge is 2.48. The second-order valence-corrected chi connectivity index (χ2v) is 4.87. The molecule has 0 aromatic carbocycles. The molecule has 4 heteroatoms. The lowest BCUT2D eigenvalue weighted by molar-refractivity contribution is -0.149. The van der Waals surface area contributed by atoms with E-state index >= 15 is 0 Å². The van der Waals surface area contributed by atoms with Gasteiger partial charge in [0.05, 0.1) is 13.0 Å². The number of hydrogen-bond acceptors (Lipinski definition) is 4. The van der Waals surface area contributed by atoms with E-state index in [-0.39, 0.29) is 17.3 Å². The Morgan fingerprint density at radius 1 is 1.47 bits per heavy atom. The molecule has 0 aliphatic carbocycles. The fourth-order valence-electron chi connectivity index (χ4n) is 2.87. The summed E-state index contributed by atoms with van der Waals surface area (Å²) in [5.74, 6) is 0.0285. The van der Waals surface area contributed by atoms with Gasteiger partial charge in [-0.2, -0.15) is 0 Å². The second kappa shape index (κ2) is 4.10. The van der Waals surface area contributed by atoms with Crippen LogP contribution in [0.3, 0.4) is 0 Å². The summed E-state index contributed by atoms with van der Waals surface area (Å²) in [5, 5.41) is 3.34. The number of likely N-dealkylation sites (tertiary alicyclic amines) is 1. The number of methoxy groups -OCH3 is 1. The zero-order valence-corrected chi connectivity index (χ0v) is 9.58. The quantitative estimate of drug-likeness (QED) is 0.626. The zero-order valence-electron chi connectivity index (χ0n) is 9.58. The summed E-state index contributed by atoms with van der Waals surface area (Å²) in [6, 6.07) is 0. The van der Waals surface area contributed by atoms with Crippen molar-refractivity contribution in [3.05, 3.63) is 0 Å². The molecule has 86 valence electrons. The lowest BCUT2D eigenvalue weighted by atomic mass is 9.71. The second-order valence-electron chi connectivity index (χ2n) is 4.87. The van der Waals surface area contributed by atoms with Gasteiger partial charge in [0, 0.05) is 13.1 Å². The Balaban J connectivity index is 2.09. The van der Waals surface area contributed by atoms with Crippen LogP contribution in [0.25, 0.3) is 0 Å². The molecule has 15 heavy (non-hydrogen) atoms. The van der Waals surface area contributed by atoms with E-state index in [0.29, 0.717) is 0 Å². The Labute approximate surface area is 91.0 Å². The number of carbonyl (C=O) groups excluding carboxylic acids is 1. The van der Waals surface area contributed by atoms with Crippen molar-refractivity contribution in [3.8, 4) is 0 Å². The maximum atomic E-state index is 11.7. The lowest BCUT2D eigenvalue weighted by Gasteiger charge is -2.40. The molecule has 0 radical (unpaired) electrons. The van der Waals surface area contributed by atoms with Crippen molar-refractivity contribution in [2.24, 2.45) is 11.3 Å². The van der Waals surface area contributed by atoms with E-state index in [1.165, 1.54) is 7.11 Å². The van der Waals surface area contributed by atoms with Crippen molar-refractivity contribution in [3.63, 3.8) is 0 Å². The SMILES string of the molecule is COC(=O)C1CNCC12CCN(C)CC2. The fraction of sp³-hybridized carbons (Fsp3) is 0.909. The first-order valence-corrected chi connectivity index (χ1v) is 5.65. The molecular formula is C11H20N2O2. The van der Waals surface area contributed by atoms with Crippen molar-refractivity contribution in [2.75, 3.05) is 40.3 Å². The summed E-state index contributed by atoms with van der Waals surface area (Å²) in [5.41, 5.74) is 0.166. The van der Waals surface area contributed by atoms with E-state index < -0.39 is 0 Å². The van der Waals surface area contributed by atoms with Crippen LogP contribution in [-0.4, -0.2) is 51.2 Å². The van der Waals surface area contributed by atoms with E-state index in [1.807, 2.05) is 0 Å². The molecule has 0 bridgehead atoms. The number of rotatable bonds is 1. The largest absolute Gasteiger partial charge is 0.469 e. The summed E-state index contributed by atoms with van der Waals surface area (Å²) in [4.78, 5) is 14.0. The van der Waals surface area contributed by atoms with Crippen molar-refractivity contribution in [2.45, 2.75) is 12.8 Å². The van der Waals surface area contributed by atoms with E-state index in [9.17, 15) is 4.79 Å². The Morgan fingerprint density at radius 2 is 2.13 bits per heavy atom. The average Bonchev–Trinajstić information content (AvgIpc) is 2.66. The third kappa shape index (κ3) is 1.88. The normalized spacial score (nSPS) is 30.7. The number of nitrogens with one attached hydrogen (secondary N) is 1. The molecule has 2 rings (SSSR count). The summed E-state index contributed by atoms with van der Waals surface area (Å²) in [6.45, 7) is 3.95. The van der Waals surface area contributed by atoms with Gasteiger partial charge in [0.25, 0.3) is 0 Å². The van der Waals surface area contributed by atoms with Crippen LogP contribution in [-0.2, 0) is 9.53 Å². The average molecular weight is 212 g/mol. The maximum absolute atomic E-state index is 11.7. The molecule has 2 heterocycles. The van der Waals surface area contributed by atoms with Crippen molar-refractivity contribution in [1.82, 2.24) is 10.2 Å². The standard InChI is InChI=1S/C11H20N2O2/c1-13-5-3-11(4-6-13)8-12-7-9(11)10(14)15-2/h9,12H,3-8H2,1-2H3. The third-order valence-corrected chi connectivity index (χ3v) is 4.03. The molecule has 2 aliphatic rings. The number of hydrogen-bond donors (Lipinski definition) is 1. The van der Waals surface area contributed by atoms with Crippen molar-refractivity contribution >= 4 is 5.97 Å². The van der Waals surface area contributed by atoms with Gasteiger partial charge in [0.2, 0.25) is 0 Å². The van der Waals surface area contributed by atoms with Gasteiger partial charge >= 0.3 is 5.97 Å². The Kier molecular flexibility index (Phi) is 2.98. The van der Waals surface area contributed by atoms with E-state index in [2.05, 4.69) is 17.3 Å². The molecule has 2 saturated heterocycles. The summed E-state index contributed by atoms with van der Waals surface area (Å²) in [6.07, 6.45) is 2.21. The smallest absolute Gasteiger partial charge is 0.310 e. The summed E-state index contributed by atoms with van der Waals surface area (Å²) < 4.78 is 4.90. The maximum Gasteiger partial charge on any atom is 0.310 e. The molecule has 0 saturated carbocycles. The van der Waals surface area contributed by atoms with Crippen LogP contribution in [0.2, 0.25) is 0 Å². The number of piperidine rings is 1. The lowest BCUT2D eigenvalue weighted by Crippen LogP contribution is -2.45. The molecule has 2 fully saturated rings. The van der Waals surface area contributed by atoms with E-state index in [4.69, 9.17) is 4.74 Å².